The monoisotopic (exact) mass is 296 g/mol. The minimum absolute atomic E-state index is 0.258. The molecule has 0 radical (unpaired) electrons. The molecule has 2 amide bonds. The molecule has 1 heterocycles. The first-order valence-electron chi connectivity index (χ1n) is 6.94. The summed E-state index contributed by atoms with van der Waals surface area (Å²) < 4.78 is 0. The lowest BCUT2D eigenvalue weighted by Gasteiger charge is -2.24. The highest BCUT2D eigenvalue weighted by Gasteiger charge is 2.34. The molecule has 1 atom stereocenters. The zero-order chi connectivity index (χ0) is 14.5. The van der Waals surface area contributed by atoms with Crippen LogP contribution in [0.25, 0.3) is 0 Å². The van der Waals surface area contributed by atoms with Crippen molar-refractivity contribution in [2.75, 3.05) is 0 Å². The molecule has 2 N–H and O–H groups in total. The van der Waals surface area contributed by atoms with Crippen molar-refractivity contribution >= 4 is 23.3 Å². The number of amides is 2. The van der Waals surface area contributed by atoms with Gasteiger partial charge < -0.3 is 15.3 Å². The molecule has 0 aliphatic heterocycles. The van der Waals surface area contributed by atoms with Crippen LogP contribution in [0.15, 0.2) is 17.5 Å². The molecular weight excluding hydrogens is 276 g/mol. The lowest BCUT2D eigenvalue weighted by atomic mass is 10.2. The van der Waals surface area contributed by atoms with Crippen molar-refractivity contribution in [3.8, 4) is 0 Å². The predicted octanol–water partition coefficient (Wildman–Crippen LogP) is 2.68. The van der Waals surface area contributed by atoms with Crippen LogP contribution in [-0.4, -0.2) is 34.1 Å². The third kappa shape index (κ3) is 3.96. The van der Waals surface area contributed by atoms with E-state index in [2.05, 4.69) is 5.32 Å². The summed E-state index contributed by atoms with van der Waals surface area (Å²) in [4.78, 5) is 26.3. The summed E-state index contributed by atoms with van der Waals surface area (Å²) in [6, 6.07) is 3.15. The van der Waals surface area contributed by atoms with Crippen LogP contribution in [0.3, 0.4) is 0 Å². The molecule has 1 aliphatic rings. The van der Waals surface area contributed by atoms with Crippen molar-refractivity contribution in [3.05, 3.63) is 22.4 Å². The van der Waals surface area contributed by atoms with Crippen LogP contribution < -0.4 is 5.32 Å². The number of carboxylic acid groups (broad SMARTS) is 1. The highest BCUT2D eigenvalue weighted by atomic mass is 32.1. The number of thiophene rings is 1. The van der Waals surface area contributed by atoms with Gasteiger partial charge in [0.25, 0.3) is 0 Å². The second-order valence-corrected chi connectivity index (χ2v) is 6.10. The number of carboxylic acids is 1. The smallest absolute Gasteiger partial charge is 0.326 e. The first-order chi connectivity index (χ1) is 9.61. The molecule has 5 nitrogen and oxygen atoms in total. The fraction of sp³-hybridized carbons (Fsp3) is 0.571. The fourth-order valence-corrected chi connectivity index (χ4v) is 2.80. The van der Waals surface area contributed by atoms with Gasteiger partial charge in [-0.1, -0.05) is 19.4 Å². The van der Waals surface area contributed by atoms with Gasteiger partial charge in [0.05, 0.1) is 6.54 Å². The van der Waals surface area contributed by atoms with E-state index >= 15 is 0 Å². The normalized spacial score (nSPS) is 15.7. The van der Waals surface area contributed by atoms with Crippen molar-refractivity contribution in [3.63, 3.8) is 0 Å². The Hall–Kier alpha value is -1.56. The van der Waals surface area contributed by atoms with Crippen LogP contribution in [0.2, 0.25) is 0 Å². The molecule has 0 unspecified atom stereocenters. The lowest BCUT2D eigenvalue weighted by Crippen LogP contribution is -2.48. The molecule has 1 fully saturated rings. The first-order valence-corrected chi connectivity index (χ1v) is 7.82. The SMILES string of the molecule is CCC[C@H](NC(=O)N(Cc1cccs1)C1CC1)C(=O)O. The Morgan fingerprint density at radius 3 is 2.80 bits per heavy atom. The van der Waals surface area contributed by atoms with E-state index in [0.717, 1.165) is 24.1 Å². The molecule has 1 aromatic rings. The number of rotatable bonds is 7. The standard InChI is InChI=1S/C14H20N2O3S/c1-2-4-12(13(17)18)15-14(19)16(10-6-7-10)9-11-5-3-8-20-11/h3,5,8,10,12H,2,4,6-7,9H2,1H3,(H,15,19)(H,17,18)/t12-/m0/s1. The Labute approximate surface area is 122 Å². The molecule has 0 bridgehead atoms. The van der Waals surface area contributed by atoms with Crippen molar-refractivity contribution < 1.29 is 14.7 Å². The molecule has 0 aromatic carbocycles. The Morgan fingerprint density at radius 2 is 2.30 bits per heavy atom. The third-order valence-electron chi connectivity index (χ3n) is 3.33. The zero-order valence-corrected chi connectivity index (χ0v) is 12.4. The van der Waals surface area contributed by atoms with E-state index in [-0.39, 0.29) is 12.1 Å². The lowest BCUT2D eigenvalue weighted by molar-refractivity contribution is -0.139. The number of nitrogens with zero attached hydrogens (tertiary/aromatic N) is 1. The molecule has 110 valence electrons. The number of aliphatic carboxylic acids is 1. The molecular formula is C14H20N2O3S. The van der Waals surface area contributed by atoms with E-state index < -0.39 is 12.0 Å². The number of hydrogen-bond acceptors (Lipinski definition) is 3. The van der Waals surface area contributed by atoms with Crippen molar-refractivity contribution in [1.29, 1.82) is 0 Å². The van der Waals surface area contributed by atoms with Gasteiger partial charge in [-0.05, 0) is 30.7 Å². The summed E-state index contributed by atoms with van der Waals surface area (Å²) in [6.07, 6.45) is 3.19. The van der Waals surface area contributed by atoms with Crippen LogP contribution in [0, 0.1) is 0 Å². The average Bonchev–Trinajstić information content (AvgIpc) is 3.12. The molecule has 1 aromatic heterocycles. The van der Waals surface area contributed by atoms with E-state index in [0.29, 0.717) is 13.0 Å². The summed E-state index contributed by atoms with van der Waals surface area (Å²) in [7, 11) is 0. The van der Waals surface area contributed by atoms with Crippen LogP contribution in [0.5, 0.6) is 0 Å². The molecule has 6 heteroatoms. The molecule has 0 saturated heterocycles. The molecule has 1 saturated carbocycles. The average molecular weight is 296 g/mol. The zero-order valence-electron chi connectivity index (χ0n) is 11.5. The van der Waals surface area contributed by atoms with Crippen LogP contribution in [0.4, 0.5) is 4.79 Å². The van der Waals surface area contributed by atoms with E-state index in [4.69, 9.17) is 5.11 Å². The minimum atomic E-state index is -0.966. The van der Waals surface area contributed by atoms with E-state index in [1.807, 2.05) is 24.4 Å². The molecule has 20 heavy (non-hydrogen) atoms. The van der Waals surface area contributed by atoms with Crippen molar-refractivity contribution in [2.24, 2.45) is 0 Å². The number of urea groups is 1. The second-order valence-electron chi connectivity index (χ2n) is 5.07. The van der Waals surface area contributed by atoms with Gasteiger partial charge in [-0.3, -0.25) is 0 Å². The molecule has 1 aliphatic carbocycles. The largest absolute Gasteiger partial charge is 0.480 e. The summed E-state index contributed by atoms with van der Waals surface area (Å²) in [5.41, 5.74) is 0. The molecule has 2 rings (SSSR count). The molecule has 0 spiro atoms. The van der Waals surface area contributed by atoms with E-state index in [1.165, 1.54) is 0 Å². The van der Waals surface area contributed by atoms with E-state index in [9.17, 15) is 9.59 Å². The van der Waals surface area contributed by atoms with Gasteiger partial charge in [0, 0.05) is 10.9 Å². The topological polar surface area (TPSA) is 69.6 Å². The third-order valence-corrected chi connectivity index (χ3v) is 4.19. The van der Waals surface area contributed by atoms with Crippen LogP contribution in [-0.2, 0) is 11.3 Å². The Kier molecular flexibility index (Phi) is 5.00. The predicted molar refractivity (Wildman–Crippen MR) is 77.7 cm³/mol. The van der Waals surface area contributed by atoms with Gasteiger partial charge in [0.15, 0.2) is 0 Å². The van der Waals surface area contributed by atoms with Crippen LogP contribution in [0.1, 0.15) is 37.5 Å². The van der Waals surface area contributed by atoms with Crippen molar-refractivity contribution in [1.82, 2.24) is 10.2 Å². The number of nitrogens with one attached hydrogen (secondary N) is 1. The summed E-state index contributed by atoms with van der Waals surface area (Å²) >= 11 is 1.61. The fourth-order valence-electron chi connectivity index (χ4n) is 2.10. The Balaban J connectivity index is 1.97. The maximum atomic E-state index is 12.3. The van der Waals surface area contributed by atoms with Crippen LogP contribution >= 0.6 is 11.3 Å². The summed E-state index contributed by atoms with van der Waals surface area (Å²) in [5.74, 6) is -0.966. The Bertz CT molecular complexity index is 457. The first kappa shape index (κ1) is 14.8. The second kappa shape index (κ2) is 6.74. The number of carbonyl (C=O) groups excluding carboxylic acids is 1. The van der Waals surface area contributed by atoms with Gasteiger partial charge in [0.2, 0.25) is 0 Å². The van der Waals surface area contributed by atoms with Gasteiger partial charge >= 0.3 is 12.0 Å². The maximum absolute atomic E-state index is 12.3. The Morgan fingerprint density at radius 1 is 1.55 bits per heavy atom. The van der Waals surface area contributed by atoms with Gasteiger partial charge in [-0.2, -0.15) is 0 Å². The highest BCUT2D eigenvalue weighted by molar-refractivity contribution is 7.09. The summed E-state index contributed by atoms with van der Waals surface area (Å²) in [5, 5.41) is 13.7. The van der Waals surface area contributed by atoms with Gasteiger partial charge in [-0.15, -0.1) is 11.3 Å². The summed E-state index contributed by atoms with van der Waals surface area (Å²) in [6.45, 7) is 2.47. The maximum Gasteiger partial charge on any atom is 0.326 e. The number of hydrogen-bond donors (Lipinski definition) is 2. The highest BCUT2D eigenvalue weighted by Crippen LogP contribution is 2.29. The van der Waals surface area contributed by atoms with Crippen molar-refractivity contribution in [2.45, 2.75) is 51.2 Å². The van der Waals surface area contributed by atoms with Gasteiger partial charge in [0.1, 0.15) is 6.04 Å². The number of carbonyl (C=O) groups is 2. The van der Waals surface area contributed by atoms with E-state index in [1.54, 1.807) is 16.2 Å². The van der Waals surface area contributed by atoms with Gasteiger partial charge in [-0.25, -0.2) is 9.59 Å². The minimum Gasteiger partial charge on any atom is -0.480 e. The quantitative estimate of drug-likeness (QED) is 0.812.